The second kappa shape index (κ2) is 10.8. The molecule has 1 fully saturated rings. The number of ether oxygens (including phenoxy) is 1. The molecule has 140 valence electrons. The highest BCUT2D eigenvalue weighted by Gasteiger charge is 2.15. The van der Waals surface area contributed by atoms with Crippen molar-refractivity contribution in [1.82, 2.24) is 10.6 Å². The van der Waals surface area contributed by atoms with Crippen LogP contribution in [0.4, 0.5) is 0 Å². The van der Waals surface area contributed by atoms with Crippen molar-refractivity contribution in [3.63, 3.8) is 0 Å². The molecule has 1 saturated carbocycles. The van der Waals surface area contributed by atoms with E-state index in [-0.39, 0.29) is 24.9 Å². The molecule has 1 aliphatic rings. The smallest absolute Gasteiger partial charge is 0.258 e. The molecule has 2 aromatic rings. The van der Waals surface area contributed by atoms with Gasteiger partial charge in [-0.05, 0) is 24.5 Å². The van der Waals surface area contributed by atoms with Crippen LogP contribution in [0.3, 0.4) is 0 Å². The molecule has 0 aromatic heterocycles. The molecule has 1 aliphatic carbocycles. The first-order valence-electron chi connectivity index (χ1n) is 9.06. The number of rotatable bonds is 8. The standard InChI is InChI=1S/C21H26N2O2.ClH/c24-21(23-14-17-8-2-1-3-9-17)16-25-20-13-7-4-10-18(20)15-22-19-11-5-6-12-19;/h1-4,7-10,13,19,22H,5-6,11-12,14-16H2,(H,23,24);1H. The first-order chi connectivity index (χ1) is 12.3. The monoisotopic (exact) mass is 374 g/mol. The van der Waals surface area contributed by atoms with Gasteiger partial charge >= 0.3 is 0 Å². The van der Waals surface area contributed by atoms with E-state index in [2.05, 4.69) is 16.7 Å². The van der Waals surface area contributed by atoms with Crippen LogP contribution < -0.4 is 15.4 Å². The Bertz CT molecular complexity index is 673. The Labute approximate surface area is 161 Å². The SMILES string of the molecule is Cl.O=C(COc1ccccc1CNC1CCCC1)NCc1ccccc1. The van der Waals surface area contributed by atoms with Gasteiger partial charge in [-0.3, -0.25) is 4.79 Å². The number of carbonyl (C=O) groups excluding carboxylic acids is 1. The lowest BCUT2D eigenvalue weighted by Crippen LogP contribution is -2.29. The fourth-order valence-electron chi connectivity index (χ4n) is 3.17. The quantitative estimate of drug-likeness (QED) is 0.738. The van der Waals surface area contributed by atoms with Gasteiger partial charge in [-0.1, -0.05) is 61.4 Å². The van der Waals surface area contributed by atoms with Crippen molar-refractivity contribution in [2.75, 3.05) is 6.61 Å². The van der Waals surface area contributed by atoms with Gasteiger partial charge in [0.05, 0.1) is 0 Å². The molecule has 2 aromatic carbocycles. The lowest BCUT2D eigenvalue weighted by atomic mass is 10.1. The van der Waals surface area contributed by atoms with Crippen LogP contribution in [0.25, 0.3) is 0 Å². The predicted octanol–water partition coefficient (Wildman–Crippen LogP) is 3.84. The van der Waals surface area contributed by atoms with Gasteiger partial charge < -0.3 is 15.4 Å². The Morgan fingerprint density at radius 1 is 0.962 bits per heavy atom. The molecule has 0 spiro atoms. The molecule has 5 heteroatoms. The van der Waals surface area contributed by atoms with Crippen LogP contribution in [0.5, 0.6) is 5.75 Å². The molecule has 0 unspecified atom stereocenters. The number of amides is 1. The van der Waals surface area contributed by atoms with E-state index in [9.17, 15) is 4.79 Å². The van der Waals surface area contributed by atoms with Crippen molar-refractivity contribution < 1.29 is 9.53 Å². The maximum absolute atomic E-state index is 12.0. The van der Waals surface area contributed by atoms with E-state index in [1.165, 1.54) is 25.7 Å². The van der Waals surface area contributed by atoms with Gasteiger partial charge in [0.15, 0.2) is 6.61 Å². The van der Waals surface area contributed by atoms with Crippen molar-refractivity contribution in [3.8, 4) is 5.75 Å². The van der Waals surface area contributed by atoms with Crippen LogP contribution in [0.2, 0.25) is 0 Å². The normalized spacial score (nSPS) is 13.8. The van der Waals surface area contributed by atoms with E-state index in [1.54, 1.807) is 0 Å². The van der Waals surface area contributed by atoms with Gasteiger partial charge in [-0.2, -0.15) is 0 Å². The number of halogens is 1. The van der Waals surface area contributed by atoms with Crippen LogP contribution in [-0.2, 0) is 17.9 Å². The second-order valence-corrected chi connectivity index (χ2v) is 6.52. The van der Waals surface area contributed by atoms with Crippen LogP contribution in [0.1, 0.15) is 36.8 Å². The molecule has 0 aliphatic heterocycles. The summed E-state index contributed by atoms with van der Waals surface area (Å²) in [4.78, 5) is 12.0. The summed E-state index contributed by atoms with van der Waals surface area (Å²) in [6, 6.07) is 18.4. The van der Waals surface area contributed by atoms with E-state index in [1.807, 2.05) is 48.5 Å². The van der Waals surface area contributed by atoms with E-state index in [0.29, 0.717) is 12.6 Å². The summed E-state index contributed by atoms with van der Waals surface area (Å²) >= 11 is 0. The largest absolute Gasteiger partial charge is 0.483 e. The summed E-state index contributed by atoms with van der Waals surface area (Å²) in [6.45, 7) is 1.34. The number of nitrogens with one attached hydrogen (secondary N) is 2. The molecule has 0 radical (unpaired) electrons. The molecule has 0 heterocycles. The minimum absolute atomic E-state index is 0. The minimum Gasteiger partial charge on any atom is -0.483 e. The molecule has 0 bridgehead atoms. The molecule has 1 amide bonds. The predicted molar refractivity (Wildman–Crippen MR) is 107 cm³/mol. The maximum atomic E-state index is 12.0. The van der Waals surface area contributed by atoms with E-state index in [4.69, 9.17) is 4.74 Å². The summed E-state index contributed by atoms with van der Waals surface area (Å²) in [6.07, 6.45) is 5.14. The zero-order valence-electron chi connectivity index (χ0n) is 14.9. The van der Waals surface area contributed by atoms with Gasteiger partial charge in [0.1, 0.15) is 5.75 Å². The van der Waals surface area contributed by atoms with E-state index >= 15 is 0 Å². The number of benzene rings is 2. The first-order valence-corrected chi connectivity index (χ1v) is 9.06. The van der Waals surface area contributed by atoms with Crippen LogP contribution in [-0.4, -0.2) is 18.6 Å². The van der Waals surface area contributed by atoms with Crippen molar-refractivity contribution in [2.24, 2.45) is 0 Å². The van der Waals surface area contributed by atoms with Crippen LogP contribution >= 0.6 is 12.4 Å². The molecular weight excluding hydrogens is 348 g/mol. The zero-order valence-corrected chi connectivity index (χ0v) is 15.8. The summed E-state index contributed by atoms with van der Waals surface area (Å²) in [7, 11) is 0. The van der Waals surface area contributed by atoms with Gasteiger partial charge in [0.25, 0.3) is 5.91 Å². The Hall–Kier alpha value is -2.04. The average molecular weight is 375 g/mol. The van der Waals surface area contributed by atoms with E-state index < -0.39 is 0 Å². The lowest BCUT2D eigenvalue weighted by molar-refractivity contribution is -0.123. The minimum atomic E-state index is -0.109. The number of para-hydroxylation sites is 1. The fraction of sp³-hybridized carbons (Fsp3) is 0.381. The highest BCUT2D eigenvalue weighted by Crippen LogP contribution is 2.21. The van der Waals surface area contributed by atoms with Crippen molar-refractivity contribution in [3.05, 3.63) is 65.7 Å². The van der Waals surface area contributed by atoms with Gasteiger partial charge in [0.2, 0.25) is 0 Å². The van der Waals surface area contributed by atoms with E-state index in [0.717, 1.165) is 23.4 Å². The highest BCUT2D eigenvalue weighted by molar-refractivity contribution is 5.85. The zero-order chi connectivity index (χ0) is 17.3. The Kier molecular flexibility index (Phi) is 8.45. The van der Waals surface area contributed by atoms with Crippen molar-refractivity contribution in [2.45, 2.75) is 44.8 Å². The molecular formula is C21H27ClN2O2. The van der Waals surface area contributed by atoms with Gasteiger partial charge in [-0.25, -0.2) is 0 Å². The summed E-state index contributed by atoms with van der Waals surface area (Å²) in [5.41, 5.74) is 2.18. The first kappa shape index (κ1) is 20.3. The Morgan fingerprint density at radius 3 is 2.42 bits per heavy atom. The van der Waals surface area contributed by atoms with Crippen molar-refractivity contribution >= 4 is 18.3 Å². The molecule has 4 nitrogen and oxygen atoms in total. The molecule has 0 saturated heterocycles. The van der Waals surface area contributed by atoms with Gasteiger partial charge in [-0.15, -0.1) is 12.4 Å². The maximum Gasteiger partial charge on any atom is 0.258 e. The summed E-state index contributed by atoms with van der Waals surface area (Å²) in [5.74, 6) is 0.672. The highest BCUT2D eigenvalue weighted by atomic mass is 35.5. The molecule has 2 N–H and O–H groups in total. The second-order valence-electron chi connectivity index (χ2n) is 6.52. The summed E-state index contributed by atoms with van der Waals surface area (Å²) in [5, 5.41) is 6.48. The average Bonchev–Trinajstić information content (AvgIpc) is 3.18. The molecule has 0 atom stereocenters. The Balaban J connectivity index is 0.00000243. The third-order valence-electron chi connectivity index (χ3n) is 4.60. The van der Waals surface area contributed by atoms with Gasteiger partial charge in [0, 0.05) is 24.7 Å². The molecule has 26 heavy (non-hydrogen) atoms. The Morgan fingerprint density at radius 2 is 1.65 bits per heavy atom. The third-order valence-corrected chi connectivity index (χ3v) is 4.60. The fourth-order valence-corrected chi connectivity index (χ4v) is 3.17. The van der Waals surface area contributed by atoms with Crippen molar-refractivity contribution in [1.29, 1.82) is 0 Å². The summed E-state index contributed by atoms with van der Waals surface area (Å²) < 4.78 is 5.75. The molecule has 3 rings (SSSR count). The number of hydrogen-bond donors (Lipinski definition) is 2. The van der Waals surface area contributed by atoms with Crippen LogP contribution in [0.15, 0.2) is 54.6 Å². The van der Waals surface area contributed by atoms with Crippen LogP contribution in [0, 0.1) is 0 Å². The topological polar surface area (TPSA) is 50.4 Å². The number of hydrogen-bond acceptors (Lipinski definition) is 3. The number of carbonyl (C=O) groups is 1. The third kappa shape index (κ3) is 6.36. The lowest BCUT2D eigenvalue weighted by Gasteiger charge is -2.15.